The van der Waals surface area contributed by atoms with E-state index in [1.807, 2.05) is 20.8 Å². The van der Waals surface area contributed by atoms with Crippen molar-refractivity contribution in [2.45, 2.75) is 32.9 Å². The van der Waals surface area contributed by atoms with Crippen molar-refractivity contribution < 1.29 is 14.9 Å². The van der Waals surface area contributed by atoms with Crippen LogP contribution < -0.4 is 10.5 Å². The summed E-state index contributed by atoms with van der Waals surface area (Å²) in [5.41, 5.74) is 6.09. The van der Waals surface area contributed by atoms with Crippen LogP contribution in [-0.4, -0.2) is 23.4 Å². The summed E-state index contributed by atoms with van der Waals surface area (Å²) < 4.78 is 5.16. The minimum atomic E-state index is -0.773. The number of phenolic OH excluding ortho intramolecular Hbond substituents is 1. The van der Waals surface area contributed by atoms with Crippen LogP contribution in [0.5, 0.6) is 11.5 Å². The fraction of sp³-hybridized carbons (Fsp3) is 0.538. The summed E-state index contributed by atoms with van der Waals surface area (Å²) in [7, 11) is 1.51. The van der Waals surface area contributed by atoms with Crippen LogP contribution in [0.15, 0.2) is 18.2 Å². The van der Waals surface area contributed by atoms with E-state index in [0.717, 1.165) is 0 Å². The van der Waals surface area contributed by atoms with Gasteiger partial charge in [0, 0.05) is 0 Å². The standard InChI is InChI=1S/C13H21NO3/c1-13(2,3)12(16)11(14)10-8(15)6-5-7-9(10)17-4/h5-7,11-12,15-16H,14H2,1-4H3/t11-,12-/m0/s1. The van der Waals surface area contributed by atoms with Crippen molar-refractivity contribution in [3.63, 3.8) is 0 Å². The maximum absolute atomic E-state index is 10.2. The summed E-state index contributed by atoms with van der Waals surface area (Å²) >= 11 is 0. The van der Waals surface area contributed by atoms with Gasteiger partial charge in [0.05, 0.1) is 24.8 Å². The molecule has 0 amide bonds. The molecule has 0 aliphatic rings. The van der Waals surface area contributed by atoms with Crippen LogP contribution >= 0.6 is 0 Å². The number of aliphatic hydroxyl groups is 1. The molecule has 4 nitrogen and oxygen atoms in total. The van der Waals surface area contributed by atoms with Crippen LogP contribution in [0.4, 0.5) is 0 Å². The molecule has 96 valence electrons. The second kappa shape index (κ2) is 4.94. The Kier molecular flexibility index (Phi) is 4.01. The van der Waals surface area contributed by atoms with E-state index in [0.29, 0.717) is 11.3 Å². The first-order valence-corrected chi connectivity index (χ1v) is 5.58. The van der Waals surface area contributed by atoms with E-state index in [1.165, 1.54) is 13.2 Å². The number of aliphatic hydroxyl groups excluding tert-OH is 1. The molecule has 0 aliphatic heterocycles. The van der Waals surface area contributed by atoms with Crippen molar-refractivity contribution in [3.05, 3.63) is 23.8 Å². The Balaban J connectivity index is 3.16. The minimum absolute atomic E-state index is 0.0418. The van der Waals surface area contributed by atoms with Gasteiger partial charge in [-0.25, -0.2) is 0 Å². The third-order valence-corrected chi connectivity index (χ3v) is 2.82. The number of phenols is 1. The van der Waals surface area contributed by atoms with Gasteiger partial charge >= 0.3 is 0 Å². The van der Waals surface area contributed by atoms with Crippen LogP contribution in [0.25, 0.3) is 0 Å². The predicted octanol–water partition coefficient (Wildman–Crippen LogP) is 1.81. The van der Waals surface area contributed by atoms with Gasteiger partial charge in [0.15, 0.2) is 0 Å². The van der Waals surface area contributed by atoms with Crippen LogP contribution in [0, 0.1) is 5.41 Å². The second-order valence-electron chi connectivity index (χ2n) is 5.23. The molecule has 0 heterocycles. The third-order valence-electron chi connectivity index (χ3n) is 2.82. The highest BCUT2D eigenvalue weighted by Crippen LogP contribution is 2.37. The monoisotopic (exact) mass is 239 g/mol. The van der Waals surface area contributed by atoms with Gasteiger partial charge in [0.1, 0.15) is 11.5 Å². The third kappa shape index (κ3) is 2.90. The molecule has 0 spiro atoms. The Morgan fingerprint density at radius 2 is 1.88 bits per heavy atom. The molecule has 0 fully saturated rings. The molecule has 0 radical (unpaired) electrons. The van der Waals surface area contributed by atoms with Gasteiger partial charge in [0.2, 0.25) is 0 Å². The fourth-order valence-corrected chi connectivity index (χ4v) is 1.74. The minimum Gasteiger partial charge on any atom is -0.507 e. The van der Waals surface area contributed by atoms with E-state index in [-0.39, 0.29) is 11.2 Å². The molecule has 0 aliphatic carbocycles. The average molecular weight is 239 g/mol. The second-order valence-corrected chi connectivity index (χ2v) is 5.23. The van der Waals surface area contributed by atoms with Gasteiger partial charge in [-0.3, -0.25) is 0 Å². The molecular formula is C13H21NO3. The molecule has 17 heavy (non-hydrogen) atoms. The Hall–Kier alpha value is -1.26. The van der Waals surface area contributed by atoms with Crippen molar-refractivity contribution in [1.29, 1.82) is 0 Å². The molecule has 1 rings (SSSR count). The Morgan fingerprint density at radius 1 is 1.29 bits per heavy atom. The van der Waals surface area contributed by atoms with Crippen molar-refractivity contribution in [2.24, 2.45) is 11.1 Å². The first-order chi connectivity index (χ1) is 7.79. The molecular weight excluding hydrogens is 218 g/mol. The van der Waals surface area contributed by atoms with Gasteiger partial charge in [-0.2, -0.15) is 0 Å². The number of hydrogen-bond acceptors (Lipinski definition) is 4. The quantitative estimate of drug-likeness (QED) is 0.752. The Bertz CT molecular complexity index is 385. The first-order valence-electron chi connectivity index (χ1n) is 5.58. The maximum atomic E-state index is 10.2. The number of rotatable bonds is 3. The predicted molar refractivity (Wildman–Crippen MR) is 67.0 cm³/mol. The summed E-state index contributed by atoms with van der Waals surface area (Å²) in [5.74, 6) is 0.529. The smallest absolute Gasteiger partial charge is 0.127 e. The highest BCUT2D eigenvalue weighted by molar-refractivity contribution is 5.46. The van der Waals surface area contributed by atoms with E-state index < -0.39 is 12.1 Å². The zero-order valence-corrected chi connectivity index (χ0v) is 10.8. The lowest BCUT2D eigenvalue weighted by atomic mass is 9.82. The Morgan fingerprint density at radius 3 is 2.35 bits per heavy atom. The lowest BCUT2D eigenvalue weighted by molar-refractivity contribution is 0.0388. The van der Waals surface area contributed by atoms with Crippen LogP contribution in [0.3, 0.4) is 0 Å². The van der Waals surface area contributed by atoms with Gasteiger partial charge in [-0.1, -0.05) is 26.8 Å². The SMILES string of the molecule is COc1cccc(O)c1[C@H](N)[C@H](O)C(C)(C)C. The molecule has 0 saturated heterocycles. The van der Waals surface area contributed by atoms with Crippen LogP contribution in [0.1, 0.15) is 32.4 Å². The zero-order valence-electron chi connectivity index (χ0n) is 10.8. The summed E-state index contributed by atoms with van der Waals surface area (Å²) in [5, 5.41) is 20.0. The van der Waals surface area contributed by atoms with E-state index >= 15 is 0 Å². The van der Waals surface area contributed by atoms with E-state index in [1.54, 1.807) is 12.1 Å². The molecule has 4 heteroatoms. The average Bonchev–Trinajstić information content (AvgIpc) is 2.25. The molecule has 0 bridgehead atoms. The largest absolute Gasteiger partial charge is 0.507 e. The zero-order chi connectivity index (χ0) is 13.2. The lowest BCUT2D eigenvalue weighted by Gasteiger charge is -2.31. The number of methoxy groups -OCH3 is 1. The van der Waals surface area contributed by atoms with Crippen molar-refractivity contribution in [1.82, 2.24) is 0 Å². The molecule has 0 unspecified atom stereocenters. The van der Waals surface area contributed by atoms with Gasteiger partial charge < -0.3 is 20.7 Å². The maximum Gasteiger partial charge on any atom is 0.127 e. The summed E-state index contributed by atoms with van der Waals surface area (Å²) in [6, 6.07) is 4.23. The van der Waals surface area contributed by atoms with Crippen molar-refractivity contribution in [2.75, 3.05) is 7.11 Å². The summed E-state index contributed by atoms with van der Waals surface area (Å²) in [4.78, 5) is 0. The topological polar surface area (TPSA) is 75.7 Å². The Labute approximate surface area is 102 Å². The number of nitrogens with two attached hydrogens (primary N) is 1. The van der Waals surface area contributed by atoms with Crippen molar-refractivity contribution in [3.8, 4) is 11.5 Å². The van der Waals surface area contributed by atoms with Gasteiger partial charge in [-0.05, 0) is 17.5 Å². The molecule has 1 aromatic rings. The first kappa shape index (κ1) is 13.8. The van der Waals surface area contributed by atoms with E-state index in [2.05, 4.69) is 0 Å². The van der Waals surface area contributed by atoms with Crippen LogP contribution in [-0.2, 0) is 0 Å². The van der Waals surface area contributed by atoms with Gasteiger partial charge in [-0.15, -0.1) is 0 Å². The number of benzene rings is 1. The van der Waals surface area contributed by atoms with E-state index in [4.69, 9.17) is 10.5 Å². The molecule has 0 aromatic heterocycles. The number of hydrogen-bond donors (Lipinski definition) is 3. The normalized spacial score (nSPS) is 15.4. The molecule has 4 N–H and O–H groups in total. The highest BCUT2D eigenvalue weighted by Gasteiger charge is 2.32. The van der Waals surface area contributed by atoms with Crippen molar-refractivity contribution >= 4 is 0 Å². The summed E-state index contributed by atoms with van der Waals surface area (Å²) in [6.45, 7) is 5.68. The molecule has 0 saturated carbocycles. The summed E-state index contributed by atoms with van der Waals surface area (Å²) in [6.07, 6.45) is -0.773. The van der Waals surface area contributed by atoms with E-state index in [9.17, 15) is 10.2 Å². The van der Waals surface area contributed by atoms with Crippen LogP contribution in [0.2, 0.25) is 0 Å². The van der Waals surface area contributed by atoms with Gasteiger partial charge in [0.25, 0.3) is 0 Å². The number of aromatic hydroxyl groups is 1. The molecule has 1 aromatic carbocycles. The fourth-order valence-electron chi connectivity index (χ4n) is 1.74. The number of ether oxygens (including phenoxy) is 1. The molecule has 2 atom stereocenters. The highest BCUT2D eigenvalue weighted by atomic mass is 16.5. The lowest BCUT2D eigenvalue weighted by Crippen LogP contribution is -2.37.